The molecule has 0 aromatic heterocycles. The average molecular weight is 276 g/mol. The van der Waals surface area contributed by atoms with Gasteiger partial charge >= 0.3 is 0 Å². The highest BCUT2D eigenvalue weighted by Crippen LogP contribution is 2.23. The zero-order chi connectivity index (χ0) is 14.3. The van der Waals surface area contributed by atoms with Crippen molar-refractivity contribution in [1.82, 2.24) is 5.32 Å². The van der Waals surface area contributed by atoms with E-state index in [9.17, 15) is 0 Å². The molecule has 1 aromatic carbocycles. The first-order valence-corrected chi connectivity index (χ1v) is 7.79. The molecule has 0 saturated carbocycles. The van der Waals surface area contributed by atoms with Crippen molar-refractivity contribution in [2.24, 2.45) is 0 Å². The minimum absolute atomic E-state index is 0.370. The molecule has 2 nitrogen and oxygen atoms in total. The molecule has 3 heteroatoms. The molecule has 0 spiro atoms. The van der Waals surface area contributed by atoms with Crippen molar-refractivity contribution in [3.8, 4) is 6.07 Å². The van der Waals surface area contributed by atoms with E-state index in [1.807, 2.05) is 25.7 Å². The predicted molar refractivity (Wildman–Crippen MR) is 83.6 cm³/mol. The summed E-state index contributed by atoms with van der Waals surface area (Å²) in [5.41, 5.74) is 2.34. The van der Waals surface area contributed by atoms with Crippen molar-refractivity contribution in [3.05, 3.63) is 29.3 Å². The number of hydrogen-bond donors (Lipinski definition) is 1. The van der Waals surface area contributed by atoms with E-state index in [1.165, 1.54) is 16.0 Å². The molecule has 1 rings (SSSR count). The van der Waals surface area contributed by atoms with Gasteiger partial charge in [0.1, 0.15) is 5.54 Å². The third-order valence-corrected chi connectivity index (χ3v) is 4.70. The fraction of sp³-hybridized carbons (Fsp3) is 0.562. The fourth-order valence-electron chi connectivity index (χ4n) is 1.81. The van der Waals surface area contributed by atoms with E-state index in [2.05, 4.69) is 43.4 Å². The van der Waals surface area contributed by atoms with Crippen molar-refractivity contribution in [2.75, 3.05) is 12.8 Å². The maximum atomic E-state index is 9.06. The molecular formula is C16H24N2S. The molecule has 0 amide bonds. The largest absolute Gasteiger partial charge is 0.303 e. The normalized spacial score (nSPS) is 13.8. The Balaban J connectivity index is 2.28. The van der Waals surface area contributed by atoms with Gasteiger partial charge in [-0.1, -0.05) is 6.07 Å². The van der Waals surface area contributed by atoms with Crippen LogP contribution in [0.3, 0.4) is 0 Å². The van der Waals surface area contributed by atoms with Crippen LogP contribution in [0.2, 0.25) is 0 Å². The molecular weight excluding hydrogens is 252 g/mol. The molecule has 0 fully saturated rings. The molecule has 1 atom stereocenters. The van der Waals surface area contributed by atoms with Crippen molar-refractivity contribution in [2.45, 2.75) is 50.5 Å². The van der Waals surface area contributed by atoms with Crippen LogP contribution in [0.4, 0.5) is 0 Å². The first-order chi connectivity index (χ1) is 9.00. The molecule has 1 N–H and O–H groups in total. The van der Waals surface area contributed by atoms with Crippen LogP contribution in [0.5, 0.6) is 0 Å². The molecule has 0 aliphatic rings. The summed E-state index contributed by atoms with van der Waals surface area (Å²) in [4.78, 5) is 1.35. The maximum Gasteiger partial charge on any atom is 0.103 e. The van der Waals surface area contributed by atoms with Gasteiger partial charge in [-0.3, -0.25) is 0 Å². The number of unbranched alkanes of at least 4 members (excludes halogenated alkanes) is 1. The van der Waals surface area contributed by atoms with Crippen LogP contribution in [0.1, 0.15) is 37.3 Å². The Labute approximate surface area is 121 Å². The van der Waals surface area contributed by atoms with E-state index in [0.717, 1.165) is 25.0 Å². The summed E-state index contributed by atoms with van der Waals surface area (Å²) >= 11 is 1.91. The van der Waals surface area contributed by atoms with Crippen LogP contribution in [0.15, 0.2) is 23.1 Å². The molecule has 1 aromatic rings. The SMILES string of the molecule is CNC(C)(C#N)CCCCSc1ccc(C)c(C)c1. The van der Waals surface area contributed by atoms with Gasteiger partial charge in [0, 0.05) is 4.90 Å². The van der Waals surface area contributed by atoms with E-state index in [-0.39, 0.29) is 5.54 Å². The van der Waals surface area contributed by atoms with Crippen molar-refractivity contribution < 1.29 is 0 Å². The zero-order valence-corrected chi connectivity index (χ0v) is 13.2. The number of hydrogen-bond acceptors (Lipinski definition) is 3. The van der Waals surface area contributed by atoms with Crippen LogP contribution in [0, 0.1) is 25.2 Å². The zero-order valence-electron chi connectivity index (χ0n) is 12.4. The Morgan fingerprint density at radius 1 is 1.26 bits per heavy atom. The fourth-order valence-corrected chi connectivity index (χ4v) is 2.82. The minimum atomic E-state index is -0.370. The Hall–Kier alpha value is -0.980. The van der Waals surface area contributed by atoms with Gasteiger partial charge in [0.05, 0.1) is 6.07 Å². The Kier molecular flexibility index (Phi) is 6.41. The van der Waals surface area contributed by atoms with Crippen molar-refractivity contribution >= 4 is 11.8 Å². The minimum Gasteiger partial charge on any atom is -0.303 e. The van der Waals surface area contributed by atoms with Crippen LogP contribution in [-0.4, -0.2) is 18.3 Å². The molecule has 19 heavy (non-hydrogen) atoms. The van der Waals surface area contributed by atoms with Crippen LogP contribution >= 0.6 is 11.8 Å². The average Bonchev–Trinajstić information content (AvgIpc) is 2.42. The third kappa shape index (κ3) is 5.26. The molecule has 0 saturated heterocycles. The molecule has 0 bridgehead atoms. The Morgan fingerprint density at radius 3 is 2.58 bits per heavy atom. The lowest BCUT2D eigenvalue weighted by atomic mass is 9.97. The number of thioether (sulfide) groups is 1. The first-order valence-electron chi connectivity index (χ1n) is 6.81. The number of benzene rings is 1. The molecule has 0 radical (unpaired) electrons. The predicted octanol–water partition coefficient (Wildman–Crippen LogP) is 4.07. The second kappa shape index (κ2) is 7.57. The maximum absolute atomic E-state index is 9.06. The van der Waals surface area contributed by atoms with Gasteiger partial charge < -0.3 is 5.32 Å². The first kappa shape index (κ1) is 16.1. The van der Waals surface area contributed by atoms with E-state index >= 15 is 0 Å². The summed E-state index contributed by atoms with van der Waals surface area (Å²) in [5, 5.41) is 12.1. The summed E-state index contributed by atoms with van der Waals surface area (Å²) in [6.07, 6.45) is 3.15. The summed E-state index contributed by atoms with van der Waals surface area (Å²) in [6.45, 7) is 6.26. The number of aryl methyl sites for hydroxylation is 2. The van der Waals surface area contributed by atoms with Gasteiger partial charge in [0.25, 0.3) is 0 Å². The molecule has 0 aliphatic carbocycles. The van der Waals surface area contributed by atoms with Gasteiger partial charge in [-0.2, -0.15) is 5.26 Å². The van der Waals surface area contributed by atoms with Gasteiger partial charge in [0.2, 0.25) is 0 Å². The Bertz CT molecular complexity index is 451. The quantitative estimate of drug-likeness (QED) is 0.602. The van der Waals surface area contributed by atoms with E-state index in [0.29, 0.717) is 0 Å². The molecule has 104 valence electrons. The van der Waals surface area contributed by atoms with Crippen molar-refractivity contribution in [3.63, 3.8) is 0 Å². The summed E-state index contributed by atoms with van der Waals surface area (Å²) in [6, 6.07) is 8.97. The number of nitriles is 1. The third-order valence-electron chi connectivity index (χ3n) is 3.62. The smallest absolute Gasteiger partial charge is 0.103 e. The summed E-state index contributed by atoms with van der Waals surface area (Å²) in [7, 11) is 1.85. The van der Waals surface area contributed by atoms with Crippen LogP contribution in [-0.2, 0) is 0 Å². The summed E-state index contributed by atoms with van der Waals surface area (Å²) in [5.74, 6) is 1.12. The molecule has 0 aliphatic heterocycles. The topological polar surface area (TPSA) is 35.8 Å². The highest BCUT2D eigenvalue weighted by molar-refractivity contribution is 7.99. The molecule has 0 heterocycles. The van der Waals surface area contributed by atoms with E-state index in [4.69, 9.17) is 5.26 Å². The van der Waals surface area contributed by atoms with E-state index in [1.54, 1.807) is 0 Å². The Morgan fingerprint density at radius 2 is 2.00 bits per heavy atom. The summed E-state index contributed by atoms with van der Waals surface area (Å²) < 4.78 is 0. The van der Waals surface area contributed by atoms with Crippen LogP contribution < -0.4 is 5.32 Å². The lowest BCUT2D eigenvalue weighted by Crippen LogP contribution is -2.37. The number of rotatable bonds is 7. The number of nitrogens with one attached hydrogen (secondary N) is 1. The lowest BCUT2D eigenvalue weighted by Gasteiger charge is -2.20. The second-order valence-corrected chi connectivity index (χ2v) is 6.41. The van der Waals surface area contributed by atoms with Gasteiger partial charge in [-0.05, 0) is 76.1 Å². The monoisotopic (exact) mass is 276 g/mol. The van der Waals surface area contributed by atoms with Gasteiger partial charge in [-0.15, -0.1) is 11.8 Å². The van der Waals surface area contributed by atoms with E-state index < -0.39 is 0 Å². The second-order valence-electron chi connectivity index (χ2n) is 5.25. The highest BCUT2D eigenvalue weighted by atomic mass is 32.2. The molecule has 1 unspecified atom stereocenters. The van der Waals surface area contributed by atoms with Gasteiger partial charge in [0.15, 0.2) is 0 Å². The highest BCUT2D eigenvalue weighted by Gasteiger charge is 2.19. The van der Waals surface area contributed by atoms with Crippen LogP contribution in [0.25, 0.3) is 0 Å². The standard InChI is InChI=1S/C16H24N2S/c1-13-7-8-15(11-14(13)2)19-10-6-5-9-16(3,12-17)18-4/h7-8,11,18H,5-6,9-10H2,1-4H3. The lowest BCUT2D eigenvalue weighted by molar-refractivity contribution is 0.439. The van der Waals surface area contributed by atoms with Gasteiger partial charge in [-0.25, -0.2) is 0 Å². The number of nitrogens with zero attached hydrogens (tertiary/aromatic N) is 1. The van der Waals surface area contributed by atoms with Crippen molar-refractivity contribution in [1.29, 1.82) is 5.26 Å².